The van der Waals surface area contributed by atoms with Crippen LogP contribution in [0.4, 0.5) is 0 Å². The van der Waals surface area contributed by atoms with Crippen molar-refractivity contribution >= 4 is 6.71 Å². The summed E-state index contributed by atoms with van der Waals surface area (Å²) in [5.74, 6) is 0.703. The molecule has 3 nitrogen and oxygen atoms in total. The Morgan fingerprint density at radius 2 is 1.89 bits per heavy atom. The average molecular weight is 248 g/mol. The van der Waals surface area contributed by atoms with Crippen LogP contribution in [0, 0.1) is 0 Å². The minimum absolute atomic E-state index is 0.607. The van der Waals surface area contributed by atoms with Crippen LogP contribution in [0.5, 0.6) is 0 Å². The summed E-state index contributed by atoms with van der Waals surface area (Å²) < 4.78 is 5.10. The first-order valence-electron chi connectivity index (χ1n) is 6.90. The van der Waals surface area contributed by atoms with Crippen LogP contribution in [0.3, 0.4) is 0 Å². The van der Waals surface area contributed by atoms with Gasteiger partial charge in [-0.1, -0.05) is 64.5 Å². The Morgan fingerprint density at radius 3 is 2.33 bits per heavy atom. The fraction of sp³-hybridized carbons (Fsp3) is 0.571. The molecule has 1 aromatic rings. The van der Waals surface area contributed by atoms with Crippen molar-refractivity contribution in [3.8, 4) is 0 Å². The lowest BCUT2D eigenvalue weighted by Crippen LogP contribution is -2.01. The van der Waals surface area contributed by atoms with Crippen molar-refractivity contribution in [2.24, 2.45) is 0 Å². The van der Waals surface area contributed by atoms with Gasteiger partial charge in [-0.15, -0.1) is 10.2 Å². The monoisotopic (exact) mass is 248 g/mol. The topological polar surface area (TPSA) is 38.9 Å². The number of nitrogens with zero attached hydrogens (tertiary/aromatic N) is 2. The van der Waals surface area contributed by atoms with Gasteiger partial charge in [0.15, 0.2) is 6.71 Å². The second kappa shape index (κ2) is 9.69. The molecule has 2 rings (SSSR count). The molecule has 0 N–H and O–H groups in total. The van der Waals surface area contributed by atoms with Gasteiger partial charge in [-0.25, -0.2) is 0 Å². The van der Waals surface area contributed by atoms with Crippen LogP contribution in [0.15, 0.2) is 34.0 Å². The predicted octanol–water partition coefficient (Wildman–Crippen LogP) is 4.21. The van der Waals surface area contributed by atoms with Crippen LogP contribution in [-0.2, 0) is 6.42 Å². The first kappa shape index (κ1) is 16.7. The second-order valence-electron chi connectivity index (χ2n) is 3.87. The molecule has 0 unspecified atom stereocenters. The Hall–Kier alpha value is -1.32. The van der Waals surface area contributed by atoms with Crippen molar-refractivity contribution in [2.45, 2.75) is 54.2 Å². The molecule has 1 aliphatic carbocycles. The zero-order valence-electron chi connectivity index (χ0n) is 12.5. The van der Waals surface area contributed by atoms with Gasteiger partial charge in [0.2, 0.25) is 12.3 Å². The van der Waals surface area contributed by atoms with Crippen molar-refractivity contribution in [1.29, 1.82) is 0 Å². The van der Waals surface area contributed by atoms with Gasteiger partial charge < -0.3 is 4.42 Å². The molecule has 1 aromatic heterocycles. The normalized spacial score (nSPS) is 12.6. The van der Waals surface area contributed by atoms with Gasteiger partial charge in [-0.3, -0.25) is 0 Å². The molecule has 0 bridgehead atoms. The quantitative estimate of drug-likeness (QED) is 0.752. The van der Waals surface area contributed by atoms with Crippen molar-refractivity contribution < 1.29 is 4.42 Å². The summed E-state index contributed by atoms with van der Waals surface area (Å²) in [5.41, 5.74) is 2.78. The number of allylic oxidation sites excluding steroid dienone is 4. The van der Waals surface area contributed by atoms with Crippen LogP contribution < -0.4 is 0 Å². The van der Waals surface area contributed by atoms with Crippen molar-refractivity contribution in [3.63, 3.8) is 0 Å². The summed E-state index contributed by atoms with van der Waals surface area (Å²) in [4.78, 5) is 0. The molecule has 0 amide bonds. The van der Waals surface area contributed by atoms with Gasteiger partial charge in [0, 0.05) is 6.42 Å². The van der Waals surface area contributed by atoms with Gasteiger partial charge >= 0.3 is 0 Å². The fourth-order valence-corrected chi connectivity index (χ4v) is 1.60. The maximum absolute atomic E-state index is 5.10. The largest absolute Gasteiger partial charge is 0.428 e. The van der Waals surface area contributed by atoms with Crippen molar-refractivity contribution in [2.75, 3.05) is 0 Å². The van der Waals surface area contributed by atoms with Crippen LogP contribution in [0.1, 0.15) is 40.0 Å². The maximum Gasteiger partial charge on any atom is 0.220 e. The zero-order valence-corrected chi connectivity index (χ0v) is 12.5. The van der Waals surface area contributed by atoms with E-state index in [9.17, 15) is 0 Å². The van der Waals surface area contributed by atoms with E-state index in [-0.39, 0.29) is 0 Å². The van der Waals surface area contributed by atoms with Crippen molar-refractivity contribution in [3.05, 3.63) is 35.5 Å². The van der Waals surface area contributed by atoms with Crippen LogP contribution in [-0.4, -0.2) is 16.9 Å². The molecular weight excluding hydrogens is 223 g/mol. The SMILES string of the molecule is CB(C)C1=CCC(Cc2nnco2)=C1.CC.CC. The minimum Gasteiger partial charge on any atom is -0.428 e. The Bertz CT molecular complexity index is 367. The summed E-state index contributed by atoms with van der Waals surface area (Å²) in [7, 11) is 0. The van der Waals surface area contributed by atoms with E-state index in [1.54, 1.807) is 0 Å². The van der Waals surface area contributed by atoms with Crippen molar-refractivity contribution in [1.82, 2.24) is 10.2 Å². The average Bonchev–Trinajstić information content (AvgIpc) is 3.06. The van der Waals surface area contributed by atoms with Gasteiger partial charge in [0.25, 0.3) is 0 Å². The van der Waals surface area contributed by atoms with E-state index in [1.807, 2.05) is 27.7 Å². The lowest BCUT2D eigenvalue weighted by molar-refractivity contribution is 0.502. The van der Waals surface area contributed by atoms with E-state index in [1.165, 1.54) is 17.4 Å². The summed E-state index contributed by atoms with van der Waals surface area (Å²) in [6.07, 6.45) is 7.70. The van der Waals surface area contributed by atoms with Gasteiger partial charge in [0.1, 0.15) is 0 Å². The smallest absolute Gasteiger partial charge is 0.220 e. The molecule has 0 saturated heterocycles. The Kier molecular flexibility index (Phi) is 8.98. The van der Waals surface area contributed by atoms with E-state index in [2.05, 4.69) is 36.0 Å². The van der Waals surface area contributed by atoms with Crippen LogP contribution >= 0.6 is 0 Å². The van der Waals surface area contributed by atoms with Gasteiger partial charge in [-0.2, -0.15) is 0 Å². The molecule has 0 fully saturated rings. The summed E-state index contributed by atoms with van der Waals surface area (Å²) >= 11 is 0. The highest BCUT2D eigenvalue weighted by atomic mass is 16.4. The summed E-state index contributed by atoms with van der Waals surface area (Å²) in [6, 6.07) is 0. The van der Waals surface area contributed by atoms with Crippen LogP contribution in [0.2, 0.25) is 13.6 Å². The molecule has 0 spiro atoms. The number of hydrogen-bond acceptors (Lipinski definition) is 3. The summed E-state index contributed by atoms with van der Waals surface area (Å²) in [5, 5.41) is 7.53. The number of hydrogen-bond donors (Lipinski definition) is 0. The number of rotatable bonds is 3. The Labute approximate surface area is 111 Å². The molecule has 0 aromatic carbocycles. The molecule has 1 heterocycles. The standard InChI is InChI=1S/C10H13BN2O.2C2H6/c1-11(2)9-4-3-8(5-9)6-10-13-12-7-14-10;2*1-2/h4-5,7H,3,6H2,1-2H3;2*1-2H3. The van der Waals surface area contributed by atoms with E-state index in [0.717, 1.165) is 12.8 Å². The lowest BCUT2D eigenvalue weighted by Gasteiger charge is -1.97. The van der Waals surface area contributed by atoms with E-state index in [4.69, 9.17) is 4.42 Å². The molecule has 1 aliphatic rings. The highest BCUT2D eigenvalue weighted by Gasteiger charge is 2.13. The maximum atomic E-state index is 5.10. The third-order valence-electron chi connectivity index (χ3n) is 2.42. The molecule has 0 aliphatic heterocycles. The highest BCUT2D eigenvalue weighted by Crippen LogP contribution is 2.22. The third kappa shape index (κ3) is 5.34. The van der Waals surface area contributed by atoms with E-state index < -0.39 is 0 Å². The van der Waals surface area contributed by atoms with E-state index >= 15 is 0 Å². The fourth-order valence-electron chi connectivity index (χ4n) is 1.60. The lowest BCUT2D eigenvalue weighted by atomic mass is 9.49. The Balaban J connectivity index is 0.000000659. The molecule has 4 heteroatoms. The van der Waals surface area contributed by atoms with Gasteiger partial charge in [0.05, 0.1) is 0 Å². The Morgan fingerprint density at radius 1 is 1.22 bits per heavy atom. The van der Waals surface area contributed by atoms with Crippen LogP contribution in [0.25, 0.3) is 0 Å². The molecule has 0 atom stereocenters. The molecular formula is C14H25BN2O. The minimum atomic E-state index is 0.607. The highest BCUT2D eigenvalue weighted by molar-refractivity contribution is 6.65. The molecule has 0 radical (unpaired) electrons. The molecule has 0 saturated carbocycles. The van der Waals surface area contributed by atoms with E-state index in [0.29, 0.717) is 12.6 Å². The first-order chi connectivity index (χ1) is 8.75. The zero-order chi connectivity index (χ0) is 14.0. The molecule has 100 valence electrons. The first-order valence-corrected chi connectivity index (χ1v) is 6.90. The predicted molar refractivity (Wildman–Crippen MR) is 79.0 cm³/mol. The molecule has 18 heavy (non-hydrogen) atoms. The number of aromatic nitrogens is 2. The second-order valence-corrected chi connectivity index (χ2v) is 3.87. The van der Waals surface area contributed by atoms with Gasteiger partial charge in [-0.05, 0) is 6.42 Å². The summed E-state index contributed by atoms with van der Waals surface area (Å²) in [6.45, 7) is 13.0. The third-order valence-corrected chi connectivity index (χ3v) is 2.42.